The number of nitrogens with two attached hydrogens (primary N) is 1. The van der Waals surface area contributed by atoms with Crippen molar-refractivity contribution in [2.75, 3.05) is 18.8 Å². The van der Waals surface area contributed by atoms with Gasteiger partial charge in [0.2, 0.25) is 5.91 Å². The molecule has 2 rings (SSSR count). The highest BCUT2D eigenvalue weighted by Crippen LogP contribution is 2.20. The Morgan fingerprint density at radius 3 is 2.76 bits per heavy atom. The summed E-state index contributed by atoms with van der Waals surface area (Å²) in [5.74, 6) is 0.786. The summed E-state index contributed by atoms with van der Waals surface area (Å²) in [6.07, 6.45) is 0. The number of hydrogen-bond acceptors (Lipinski definition) is 3. The summed E-state index contributed by atoms with van der Waals surface area (Å²) in [6, 6.07) is 8.33. The Balaban J connectivity index is 2.01. The first-order valence-corrected chi connectivity index (χ1v) is 6.89. The van der Waals surface area contributed by atoms with Gasteiger partial charge >= 0.3 is 0 Å². The highest BCUT2D eigenvalue weighted by atomic mass is 32.2. The van der Waals surface area contributed by atoms with Gasteiger partial charge in [0.25, 0.3) is 0 Å². The Kier molecular flexibility index (Phi) is 4.07. The number of amides is 1. The topological polar surface area (TPSA) is 46.3 Å². The molecule has 1 aromatic rings. The molecule has 0 aliphatic carbocycles. The second kappa shape index (κ2) is 5.56. The lowest BCUT2D eigenvalue weighted by molar-refractivity contribution is -0.129. The van der Waals surface area contributed by atoms with Crippen molar-refractivity contribution >= 4 is 17.7 Å². The van der Waals surface area contributed by atoms with Gasteiger partial charge < -0.3 is 10.6 Å². The van der Waals surface area contributed by atoms with Crippen molar-refractivity contribution in [2.24, 2.45) is 5.73 Å². The van der Waals surface area contributed by atoms with Crippen molar-refractivity contribution in [3.63, 3.8) is 0 Å². The lowest BCUT2D eigenvalue weighted by Crippen LogP contribution is -2.44. The van der Waals surface area contributed by atoms with Crippen LogP contribution in [0.15, 0.2) is 24.3 Å². The molecule has 3 nitrogen and oxygen atoms in total. The monoisotopic (exact) mass is 250 g/mol. The number of thioether (sulfide) groups is 1. The lowest BCUT2D eigenvalue weighted by atomic mass is 10.1. The SMILES string of the molecule is Cc1ccc(CN2CC(CN)SCC2=O)cc1. The van der Waals surface area contributed by atoms with E-state index in [9.17, 15) is 4.79 Å². The number of carbonyl (C=O) groups excluding carboxylic acids is 1. The number of hydrogen-bond donors (Lipinski definition) is 1. The van der Waals surface area contributed by atoms with Gasteiger partial charge in [-0.25, -0.2) is 0 Å². The van der Waals surface area contributed by atoms with Crippen molar-refractivity contribution in [1.82, 2.24) is 4.90 Å². The van der Waals surface area contributed by atoms with Crippen LogP contribution in [0.3, 0.4) is 0 Å². The number of rotatable bonds is 3. The molecule has 0 aromatic heterocycles. The molecular formula is C13H18N2OS. The average Bonchev–Trinajstić information content (AvgIpc) is 2.35. The average molecular weight is 250 g/mol. The van der Waals surface area contributed by atoms with Gasteiger partial charge in [-0.1, -0.05) is 29.8 Å². The molecule has 0 radical (unpaired) electrons. The smallest absolute Gasteiger partial charge is 0.232 e. The molecule has 1 fully saturated rings. The standard InChI is InChI=1S/C13H18N2OS/c1-10-2-4-11(5-3-10)7-15-8-12(6-14)17-9-13(15)16/h2-5,12H,6-9,14H2,1H3. The number of aryl methyl sites for hydroxylation is 1. The Hall–Kier alpha value is -1.00. The van der Waals surface area contributed by atoms with E-state index in [1.54, 1.807) is 11.8 Å². The summed E-state index contributed by atoms with van der Waals surface area (Å²) in [7, 11) is 0. The summed E-state index contributed by atoms with van der Waals surface area (Å²) in [4.78, 5) is 13.7. The largest absolute Gasteiger partial charge is 0.336 e. The molecule has 1 aromatic carbocycles. The third-order valence-corrected chi connectivity index (χ3v) is 4.20. The van der Waals surface area contributed by atoms with E-state index in [1.807, 2.05) is 4.90 Å². The Labute approximate surface area is 106 Å². The quantitative estimate of drug-likeness (QED) is 0.882. The van der Waals surface area contributed by atoms with Crippen LogP contribution in [0.5, 0.6) is 0 Å². The number of carbonyl (C=O) groups is 1. The van der Waals surface area contributed by atoms with E-state index < -0.39 is 0 Å². The second-order valence-electron chi connectivity index (χ2n) is 4.43. The maximum atomic E-state index is 11.8. The molecule has 1 amide bonds. The number of benzene rings is 1. The molecule has 1 aliphatic rings. The van der Waals surface area contributed by atoms with Crippen molar-refractivity contribution in [1.29, 1.82) is 0 Å². The van der Waals surface area contributed by atoms with E-state index in [0.717, 1.165) is 6.54 Å². The van der Waals surface area contributed by atoms with Crippen LogP contribution in [-0.4, -0.2) is 34.9 Å². The van der Waals surface area contributed by atoms with E-state index >= 15 is 0 Å². The van der Waals surface area contributed by atoms with Gasteiger partial charge in [-0.15, -0.1) is 11.8 Å². The van der Waals surface area contributed by atoms with E-state index in [4.69, 9.17) is 5.73 Å². The van der Waals surface area contributed by atoms with Crippen LogP contribution in [0.1, 0.15) is 11.1 Å². The molecule has 1 aliphatic heterocycles. The predicted octanol–water partition coefficient (Wildman–Crippen LogP) is 1.40. The molecular weight excluding hydrogens is 232 g/mol. The zero-order valence-electron chi connectivity index (χ0n) is 10.1. The molecule has 1 saturated heterocycles. The third-order valence-electron chi connectivity index (χ3n) is 2.98. The van der Waals surface area contributed by atoms with Crippen LogP contribution >= 0.6 is 11.8 Å². The Morgan fingerprint density at radius 2 is 2.12 bits per heavy atom. The minimum Gasteiger partial charge on any atom is -0.336 e. The first kappa shape index (κ1) is 12.5. The normalized spacial score (nSPS) is 20.7. The van der Waals surface area contributed by atoms with Crippen molar-refractivity contribution in [3.8, 4) is 0 Å². The van der Waals surface area contributed by atoms with E-state index in [-0.39, 0.29) is 5.91 Å². The molecule has 1 unspecified atom stereocenters. The summed E-state index contributed by atoms with van der Waals surface area (Å²) >= 11 is 1.67. The lowest BCUT2D eigenvalue weighted by Gasteiger charge is -2.31. The molecule has 2 N–H and O–H groups in total. The van der Waals surface area contributed by atoms with Crippen LogP contribution in [0.25, 0.3) is 0 Å². The van der Waals surface area contributed by atoms with E-state index in [1.165, 1.54) is 11.1 Å². The van der Waals surface area contributed by atoms with Crippen LogP contribution in [0, 0.1) is 6.92 Å². The molecule has 4 heteroatoms. The van der Waals surface area contributed by atoms with Crippen LogP contribution in [-0.2, 0) is 11.3 Å². The van der Waals surface area contributed by atoms with Gasteiger partial charge in [0.15, 0.2) is 0 Å². The predicted molar refractivity (Wildman–Crippen MR) is 71.9 cm³/mol. The van der Waals surface area contributed by atoms with E-state index in [2.05, 4.69) is 31.2 Å². The second-order valence-corrected chi connectivity index (χ2v) is 5.72. The van der Waals surface area contributed by atoms with Gasteiger partial charge in [0.1, 0.15) is 0 Å². The summed E-state index contributed by atoms with van der Waals surface area (Å²) in [5, 5.41) is 0.387. The minimum atomic E-state index is 0.222. The highest BCUT2D eigenvalue weighted by Gasteiger charge is 2.24. The Morgan fingerprint density at radius 1 is 1.41 bits per heavy atom. The van der Waals surface area contributed by atoms with Crippen molar-refractivity contribution in [3.05, 3.63) is 35.4 Å². The molecule has 1 atom stereocenters. The molecule has 17 heavy (non-hydrogen) atoms. The van der Waals surface area contributed by atoms with Crippen LogP contribution in [0.4, 0.5) is 0 Å². The zero-order chi connectivity index (χ0) is 12.3. The van der Waals surface area contributed by atoms with Crippen molar-refractivity contribution in [2.45, 2.75) is 18.7 Å². The summed E-state index contributed by atoms with van der Waals surface area (Å²) in [6.45, 7) is 4.18. The first-order chi connectivity index (χ1) is 8.19. The Bertz CT molecular complexity index is 391. The summed E-state index contributed by atoms with van der Waals surface area (Å²) < 4.78 is 0. The highest BCUT2D eigenvalue weighted by molar-refractivity contribution is 8.00. The zero-order valence-corrected chi connectivity index (χ0v) is 10.9. The first-order valence-electron chi connectivity index (χ1n) is 5.84. The maximum Gasteiger partial charge on any atom is 0.232 e. The fourth-order valence-electron chi connectivity index (χ4n) is 1.89. The third kappa shape index (κ3) is 3.23. The minimum absolute atomic E-state index is 0.222. The molecule has 0 saturated carbocycles. The van der Waals surface area contributed by atoms with Gasteiger partial charge in [-0.2, -0.15) is 0 Å². The van der Waals surface area contributed by atoms with Crippen LogP contribution in [0.2, 0.25) is 0 Å². The fourth-order valence-corrected chi connectivity index (χ4v) is 2.87. The van der Waals surface area contributed by atoms with Gasteiger partial charge in [-0.3, -0.25) is 4.79 Å². The fraction of sp³-hybridized carbons (Fsp3) is 0.462. The molecule has 92 valence electrons. The molecule has 1 heterocycles. The van der Waals surface area contributed by atoms with E-state index in [0.29, 0.717) is 24.1 Å². The van der Waals surface area contributed by atoms with Gasteiger partial charge in [0, 0.05) is 24.9 Å². The van der Waals surface area contributed by atoms with Crippen molar-refractivity contribution < 1.29 is 4.79 Å². The molecule has 0 spiro atoms. The maximum absolute atomic E-state index is 11.8. The van der Waals surface area contributed by atoms with Gasteiger partial charge in [0.05, 0.1) is 5.75 Å². The summed E-state index contributed by atoms with van der Waals surface area (Å²) in [5.41, 5.74) is 8.10. The van der Waals surface area contributed by atoms with Crippen LogP contribution < -0.4 is 5.73 Å². The number of nitrogens with zero attached hydrogens (tertiary/aromatic N) is 1. The molecule has 0 bridgehead atoms. The van der Waals surface area contributed by atoms with Gasteiger partial charge in [-0.05, 0) is 12.5 Å².